The summed E-state index contributed by atoms with van der Waals surface area (Å²) in [7, 11) is -3.54. The minimum atomic E-state index is -3.54. The number of piperazine rings is 1. The summed E-state index contributed by atoms with van der Waals surface area (Å²) in [6.07, 6.45) is 2.02. The van der Waals surface area contributed by atoms with Crippen molar-refractivity contribution in [2.75, 3.05) is 26.2 Å². The number of amides is 1. The Bertz CT molecular complexity index is 601. The maximum Gasteiger partial charge on any atom is 0.260 e. The van der Waals surface area contributed by atoms with Crippen LogP contribution in [0.3, 0.4) is 0 Å². The highest BCUT2D eigenvalue weighted by Crippen LogP contribution is 2.17. The normalized spacial score (nSPS) is 17.4. The number of carbonyl (C=O) groups is 1. The molecule has 0 saturated carbocycles. The first-order chi connectivity index (χ1) is 9.86. The molecule has 0 bridgehead atoms. The van der Waals surface area contributed by atoms with E-state index in [2.05, 4.69) is 9.97 Å². The zero-order valence-corrected chi connectivity index (χ0v) is 13.5. The summed E-state index contributed by atoms with van der Waals surface area (Å²) in [6, 6.07) is 0. The number of H-pyrrole nitrogens is 1. The molecule has 1 N–H and O–H groups in total. The maximum atomic E-state index is 12.5. The van der Waals surface area contributed by atoms with Crippen molar-refractivity contribution in [2.45, 2.75) is 32.2 Å². The molecule has 1 aromatic heterocycles. The number of aryl methyl sites for hydroxylation is 1. The van der Waals surface area contributed by atoms with Gasteiger partial charge in [-0.2, -0.15) is 4.31 Å². The monoisotopic (exact) mass is 314 g/mol. The number of hydrogen-bond acceptors (Lipinski definition) is 4. The van der Waals surface area contributed by atoms with Crippen LogP contribution in [-0.4, -0.2) is 59.7 Å². The molecule has 118 valence electrons. The van der Waals surface area contributed by atoms with Gasteiger partial charge in [-0.1, -0.05) is 20.8 Å². The summed E-state index contributed by atoms with van der Waals surface area (Å²) in [5, 5.41) is 0.128. The van der Waals surface area contributed by atoms with Crippen LogP contribution in [-0.2, 0) is 21.2 Å². The van der Waals surface area contributed by atoms with Crippen molar-refractivity contribution < 1.29 is 13.2 Å². The lowest BCUT2D eigenvalue weighted by atomic mass is 10.2. The molecule has 1 saturated heterocycles. The lowest BCUT2D eigenvalue weighted by Crippen LogP contribution is -2.51. The van der Waals surface area contributed by atoms with Crippen molar-refractivity contribution in [3.8, 4) is 0 Å². The zero-order chi connectivity index (χ0) is 15.6. The molecule has 1 aromatic rings. The van der Waals surface area contributed by atoms with E-state index in [0.29, 0.717) is 38.4 Å². The maximum absolute atomic E-state index is 12.5. The van der Waals surface area contributed by atoms with Gasteiger partial charge >= 0.3 is 0 Å². The molecule has 1 aliphatic heterocycles. The zero-order valence-electron chi connectivity index (χ0n) is 12.7. The van der Waals surface area contributed by atoms with E-state index < -0.39 is 10.0 Å². The van der Waals surface area contributed by atoms with Crippen molar-refractivity contribution in [2.24, 2.45) is 5.92 Å². The second-order valence-corrected chi connectivity index (χ2v) is 7.34. The van der Waals surface area contributed by atoms with E-state index in [1.54, 1.807) is 4.90 Å². The Balaban J connectivity index is 2.06. The average Bonchev–Trinajstić information content (AvgIpc) is 2.96. The number of aromatic amines is 1. The first-order valence-corrected chi connectivity index (χ1v) is 8.63. The van der Waals surface area contributed by atoms with Crippen LogP contribution >= 0.6 is 0 Å². The lowest BCUT2D eigenvalue weighted by Gasteiger charge is -2.34. The second-order valence-electron chi connectivity index (χ2n) is 5.43. The first-order valence-electron chi connectivity index (χ1n) is 7.19. The van der Waals surface area contributed by atoms with Crippen LogP contribution in [0.5, 0.6) is 0 Å². The molecular formula is C13H22N4O3S. The number of hydrogen-bond donors (Lipinski definition) is 1. The number of nitrogens with zero attached hydrogens (tertiary/aromatic N) is 3. The molecular weight excluding hydrogens is 292 g/mol. The van der Waals surface area contributed by atoms with E-state index in [1.165, 1.54) is 10.5 Å². The second kappa shape index (κ2) is 6.15. The Morgan fingerprint density at radius 1 is 1.33 bits per heavy atom. The van der Waals surface area contributed by atoms with Crippen LogP contribution in [0.25, 0.3) is 0 Å². The predicted octanol–water partition coefficient (Wildman–Crippen LogP) is 0.461. The molecule has 0 atom stereocenters. The van der Waals surface area contributed by atoms with E-state index >= 15 is 0 Å². The van der Waals surface area contributed by atoms with Crippen molar-refractivity contribution in [3.63, 3.8) is 0 Å². The molecule has 0 radical (unpaired) electrons. The predicted molar refractivity (Wildman–Crippen MR) is 78.1 cm³/mol. The van der Waals surface area contributed by atoms with Gasteiger partial charge in [0.1, 0.15) is 5.82 Å². The molecule has 1 amide bonds. The Morgan fingerprint density at radius 2 is 1.95 bits per heavy atom. The summed E-state index contributed by atoms with van der Waals surface area (Å²) in [5.74, 6) is 0.664. The SMILES string of the molecule is CCc1ncc(S(=O)(=O)N2CCN(C(=O)C(C)C)CC2)[nH]1. The third kappa shape index (κ3) is 3.26. The highest BCUT2D eigenvalue weighted by Gasteiger charge is 2.31. The molecule has 0 unspecified atom stereocenters. The molecule has 2 rings (SSSR count). The van der Waals surface area contributed by atoms with E-state index in [0.717, 1.165) is 0 Å². The highest BCUT2D eigenvalue weighted by molar-refractivity contribution is 7.89. The van der Waals surface area contributed by atoms with Crippen LogP contribution in [0.1, 0.15) is 26.6 Å². The van der Waals surface area contributed by atoms with Crippen LogP contribution in [0, 0.1) is 5.92 Å². The summed E-state index contributed by atoms with van der Waals surface area (Å²) in [4.78, 5) is 20.5. The van der Waals surface area contributed by atoms with E-state index in [1.807, 2.05) is 20.8 Å². The summed E-state index contributed by atoms with van der Waals surface area (Å²) in [5.41, 5.74) is 0. The molecule has 2 heterocycles. The minimum absolute atomic E-state index is 0.0622. The van der Waals surface area contributed by atoms with Gasteiger partial charge in [-0.05, 0) is 0 Å². The number of aromatic nitrogens is 2. The van der Waals surface area contributed by atoms with E-state index in [4.69, 9.17) is 0 Å². The van der Waals surface area contributed by atoms with Crippen molar-refractivity contribution >= 4 is 15.9 Å². The van der Waals surface area contributed by atoms with Gasteiger partial charge in [0.2, 0.25) is 5.91 Å². The molecule has 0 aliphatic carbocycles. The van der Waals surface area contributed by atoms with Crippen molar-refractivity contribution in [1.29, 1.82) is 0 Å². The number of sulfonamides is 1. The molecule has 1 fully saturated rings. The largest absolute Gasteiger partial charge is 0.340 e. The molecule has 21 heavy (non-hydrogen) atoms. The number of carbonyl (C=O) groups excluding carboxylic acids is 1. The van der Waals surface area contributed by atoms with Gasteiger partial charge in [-0.3, -0.25) is 4.79 Å². The van der Waals surface area contributed by atoms with Gasteiger partial charge in [0.05, 0.1) is 6.20 Å². The Morgan fingerprint density at radius 3 is 2.43 bits per heavy atom. The van der Waals surface area contributed by atoms with Gasteiger partial charge < -0.3 is 9.88 Å². The smallest absolute Gasteiger partial charge is 0.260 e. The Kier molecular flexibility index (Phi) is 4.67. The van der Waals surface area contributed by atoms with E-state index in [-0.39, 0.29) is 16.9 Å². The number of nitrogens with one attached hydrogen (secondary N) is 1. The average molecular weight is 314 g/mol. The lowest BCUT2D eigenvalue weighted by molar-refractivity contribution is -0.135. The Hall–Kier alpha value is -1.41. The standard InChI is InChI=1S/C13H22N4O3S/c1-4-11-14-9-12(15-11)21(19,20)17-7-5-16(6-8-17)13(18)10(2)3/h9-10H,4-8H2,1-3H3,(H,14,15). The third-order valence-electron chi connectivity index (χ3n) is 3.60. The highest BCUT2D eigenvalue weighted by atomic mass is 32.2. The summed E-state index contributed by atoms with van der Waals surface area (Å²) >= 11 is 0. The molecule has 8 heteroatoms. The Labute approximate surface area is 125 Å². The first kappa shape index (κ1) is 16.0. The van der Waals surface area contributed by atoms with Crippen LogP contribution in [0.15, 0.2) is 11.2 Å². The van der Waals surface area contributed by atoms with Crippen molar-refractivity contribution in [3.05, 3.63) is 12.0 Å². The summed E-state index contributed by atoms with van der Waals surface area (Å²) in [6.45, 7) is 7.12. The molecule has 7 nitrogen and oxygen atoms in total. The third-order valence-corrected chi connectivity index (χ3v) is 5.41. The van der Waals surface area contributed by atoms with Crippen molar-refractivity contribution in [1.82, 2.24) is 19.2 Å². The number of imidazole rings is 1. The number of rotatable bonds is 4. The van der Waals surface area contributed by atoms with Gasteiger partial charge in [-0.15, -0.1) is 0 Å². The summed E-state index contributed by atoms with van der Waals surface area (Å²) < 4.78 is 26.4. The minimum Gasteiger partial charge on any atom is -0.340 e. The van der Waals surface area contributed by atoms with Gasteiger partial charge in [0.15, 0.2) is 5.03 Å². The van der Waals surface area contributed by atoms with E-state index in [9.17, 15) is 13.2 Å². The fourth-order valence-electron chi connectivity index (χ4n) is 2.31. The fourth-order valence-corrected chi connectivity index (χ4v) is 3.66. The quantitative estimate of drug-likeness (QED) is 0.875. The van der Waals surface area contributed by atoms with Gasteiger partial charge in [-0.25, -0.2) is 13.4 Å². The van der Waals surface area contributed by atoms with Crippen LogP contribution in [0.2, 0.25) is 0 Å². The molecule has 1 aliphatic rings. The topological polar surface area (TPSA) is 86.4 Å². The fraction of sp³-hybridized carbons (Fsp3) is 0.692. The molecule has 0 aromatic carbocycles. The van der Waals surface area contributed by atoms with Gasteiger partial charge in [0.25, 0.3) is 10.0 Å². The molecule has 0 spiro atoms. The van der Waals surface area contributed by atoms with Crippen LogP contribution < -0.4 is 0 Å². The van der Waals surface area contributed by atoms with Crippen LogP contribution in [0.4, 0.5) is 0 Å². The van der Waals surface area contributed by atoms with Gasteiger partial charge in [0, 0.05) is 38.5 Å².